The molecule has 1 heterocycles. The average molecular weight is 339 g/mol. The Morgan fingerprint density at radius 3 is 2.24 bits per heavy atom. The summed E-state index contributed by atoms with van der Waals surface area (Å²) >= 11 is 0. The summed E-state index contributed by atoms with van der Waals surface area (Å²) in [5, 5.41) is 5.41. The monoisotopic (exact) mass is 339 g/mol. The highest BCUT2D eigenvalue weighted by Gasteiger charge is 2.26. The van der Waals surface area contributed by atoms with Crippen molar-refractivity contribution in [3.05, 3.63) is 66.0 Å². The Hall–Kier alpha value is -3.02. The number of nitrogens with one attached hydrogen (secondary N) is 2. The van der Waals surface area contributed by atoms with Crippen LogP contribution in [0.4, 0.5) is 0 Å². The van der Waals surface area contributed by atoms with E-state index in [1.54, 1.807) is 18.3 Å². The lowest BCUT2D eigenvalue weighted by atomic mass is 10.0. The van der Waals surface area contributed by atoms with E-state index in [0.717, 1.165) is 12.5 Å². The molecule has 6 nitrogen and oxygen atoms in total. The molecule has 0 aliphatic carbocycles. The number of carbonyl (C=O) groups is 3. The molecule has 0 aliphatic rings. The number of carbonyl (C=O) groups excluding carboxylic acids is 3. The van der Waals surface area contributed by atoms with Gasteiger partial charge in [-0.15, -0.1) is 0 Å². The number of nitrogens with zero attached hydrogens (tertiary/aromatic N) is 1. The van der Waals surface area contributed by atoms with Crippen LogP contribution in [0.1, 0.15) is 43.5 Å². The molecule has 25 heavy (non-hydrogen) atoms. The van der Waals surface area contributed by atoms with Crippen molar-refractivity contribution in [3.63, 3.8) is 0 Å². The molecule has 0 fully saturated rings. The van der Waals surface area contributed by atoms with E-state index in [4.69, 9.17) is 0 Å². The predicted molar refractivity (Wildman–Crippen MR) is 93.4 cm³/mol. The molecule has 1 aromatic heterocycles. The average Bonchev–Trinajstić information content (AvgIpc) is 2.65. The largest absolute Gasteiger partial charge is 0.347 e. The first-order valence-corrected chi connectivity index (χ1v) is 8.09. The number of hydrogen-bond acceptors (Lipinski definition) is 4. The molecule has 0 unspecified atom stereocenters. The van der Waals surface area contributed by atoms with E-state index in [9.17, 15) is 14.4 Å². The maximum absolute atomic E-state index is 12.8. The van der Waals surface area contributed by atoms with Crippen LogP contribution >= 0.6 is 0 Å². The fourth-order valence-electron chi connectivity index (χ4n) is 2.44. The number of amides is 2. The summed E-state index contributed by atoms with van der Waals surface area (Å²) in [7, 11) is 0. The van der Waals surface area contributed by atoms with Gasteiger partial charge in [0.15, 0.2) is 0 Å². The van der Waals surface area contributed by atoms with E-state index in [0.29, 0.717) is 12.0 Å². The molecule has 0 spiro atoms. The second-order valence-electron chi connectivity index (χ2n) is 5.63. The van der Waals surface area contributed by atoms with Crippen molar-refractivity contribution in [1.82, 2.24) is 15.6 Å². The molecule has 2 N–H and O–H groups in total. The normalized spacial score (nSPS) is 12.7. The fourth-order valence-corrected chi connectivity index (χ4v) is 2.44. The van der Waals surface area contributed by atoms with Crippen LogP contribution in [0.5, 0.6) is 0 Å². The fraction of sp³-hybridized carbons (Fsp3) is 0.263. The molecule has 2 atom stereocenters. The van der Waals surface area contributed by atoms with Gasteiger partial charge in [0.05, 0.1) is 6.04 Å². The summed E-state index contributed by atoms with van der Waals surface area (Å²) in [4.78, 5) is 39.8. The Kier molecular flexibility index (Phi) is 6.39. The second-order valence-corrected chi connectivity index (χ2v) is 5.63. The third kappa shape index (κ3) is 4.97. The minimum Gasteiger partial charge on any atom is -0.347 e. The lowest BCUT2D eigenvalue weighted by Gasteiger charge is -2.23. The first-order valence-electron chi connectivity index (χ1n) is 8.09. The van der Waals surface area contributed by atoms with Crippen LogP contribution in [-0.2, 0) is 14.4 Å². The van der Waals surface area contributed by atoms with Gasteiger partial charge < -0.3 is 10.6 Å². The first kappa shape index (κ1) is 18.3. The SMILES string of the molecule is CC[C@H](NC(=O)[C@H](NC(=O)C(C)=O)c1cccnc1)c1ccccc1. The van der Waals surface area contributed by atoms with Gasteiger partial charge in [0.1, 0.15) is 6.04 Å². The lowest BCUT2D eigenvalue weighted by Crippen LogP contribution is -2.43. The van der Waals surface area contributed by atoms with Gasteiger partial charge >= 0.3 is 0 Å². The Morgan fingerprint density at radius 2 is 1.68 bits per heavy atom. The molecule has 2 aromatic rings. The molecule has 6 heteroatoms. The highest BCUT2D eigenvalue weighted by atomic mass is 16.2. The van der Waals surface area contributed by atoms with Crippen LogP contribution < -0.4 is 10.6 Å². The van der Waals surface area contributed by atoms with Gasteiger partial charge in [-0.1, -0.05) is 43.3 Å². The summed E-state index contributed by atoms with van der Waals surface area (Å²) in [5.41, 5.74) is 1.48. The quantitative estimate of drug-likeness (QED) is 0.756. The number of Topliss-reactive ketones (excluding diaryl/α,β-unsaturated/α-hetero) is 1. The van der Waals surface area contributed by atoms with E-state index >= 15 is 0 Å². The van der Waals surface area contributed by atoms with Crippen LogP contribution in [0.25, 0.3) is 0 Å². The molecule has 2 amide bonds. The molecule has 2 rings (SSSR count). The van der Waals surface area contributed by atoms with Gasteiger partial charge in [0.2, 0.25) is 11.7 Å². The van der Waals surface area contributed by atoms with Crippen LogP contribution in [0.3, 0.4) is 0 Å². The highest BCUT2D eigenvalue weighted by molar-refractivity contribution is 6.35. The molecular weight excluding hydrogens is 318 g/mol. The van der Waals surface area contributed by atoms with Crippen LogP contribution in [0.2, 0.25) is 0 Å². The Morgan fingerprint density at radius 1 is 1.00 bits per heavy atom. The zero-order valence-corrected chi connectivity index (χ0v) is 14.2. The standard InChI is InChI=1S/C19H21N3O3/c1-3-16(14-8-5-4-6-9-14)21-19(25)17(22-18(24)13(2)23)15-10-7-11-20-12-15/h4-12,16-17H,3H2,1-2H3,(H,21,25)(H,22,24)/t16-,17+/m0/s1. The van der Waals surface area contributed by atoms with E-state index in [1.165, 1.54) is 6.20 Å². The highest BCUT2D eigenvalue weighted by Crippen LogP contribution is 2.19. The maximum Gasteiger partial charge on any atom is 0.287 e. The van der Waals surface area contributed by atoms with Crippen molar-refractivity contribution in [3.8, 4) is 0 Å². The van der Waals surface area contributed by atoms with Crippen molar-refractivity contribution in [2.24, 2.45) is 0 Å². The Balaban J connectivity index is 2.22. The molecule has 1 aromatic carbocycles. The number of rotatable bonds is 7. The smallest absolute Gasteiger partial charge is 0.287 e. The Bertz CT molecular complexity index is 732. The summed E-state index contributed by atoms with van der Waals surface area (Å²) in [5.74, 6) is -1.85. The molecule has 0 radical (unpaired) electrons. The summed E-state index contributed by atoms with van der Waals surface area (Å²) in [6.07, 6.45) is 3.76. The van der Waals surface area contributed by atoms with Crippen LogP contribution in [-0.4, -0.2) is 22.6 Å². The van der Waals surface area contributed by atoms with Crippen molar-refractivity contribution >= 4 is 17.6 Å². The van der Waals surface area contributed by atoms with E-state index in [-0.39, 0.29) is 6.04 Å². The van der Waals surface area contributed by atoms with Gasteiger partial charge in [0, 0.05) is 24.9 Å². The van der Waals surface area contributed by atoms with Crippen molar-refractivity contribution in [1.29, 1.82) is 0 Å². The first-order chi connectivity index (χ1) is 12.0. The van der Waals surface area contributed by atoms with Gasteiger partial charge in [-0.3, -0.25) is 19.4 Å². The van der Waals surface area contributed by atoms with E-state index in [2.05, 4.69) is 15.6 Å². The van der Waals surface area contributed by atoms with Gasteiger partial charge in [-0.05, 0) is 18.1 Å². The number of aromatic nitrogens is 1. The van der Waals surface area contributed by atoms with E-state index < -0.39 is 23.6 Å². The molecule has 0 saturated heterocycles. The topological polar surface area (TPSA) is 88.2 Å². The third-order valence-corrected chi connectivity index (χ3v) is 3.80. The van der Waals surface area contributed by atoms with Gasteiger partial charge in [-0.2, -0.15) is 0 Å². The Labute approximate surface area is 146 Å². The molecule has 0 saturated carbocycles. The number of pyridine rings is 1. The number of ketones is 1. The predicted octanol–water partition coefficient (Wildman–Crippen LogP) is 2.10. The summed E-state index contributed by atoms with van der Waals surface area (Å²) in [6, 6.07) is 11.8. The third-order valence-electron chi connectivity index (χ3n) is 3.80. The zero-order valence-electron chi connectivity index (χ0n) is 14.2. The zero-order chi connectivity index (χ0) is 18.2. The van der Waals surface area contributed by atoms with Crippen LogP contribution in [0, 0.1) is 0 Å². The lowest BCUT2D eigenvalue weighted by molar-refractivity contribution is -0.138. The maximum atomic E-state index is 12.8. The molecular formula is C19H21N3O3. The minimum absolute atomic E-state index is 0.192. The van der Waals surface area contributed by atoms with Gasteiger partial charge in [-0.25, -0.2) is 0 Å². The molecule has 130 valence electrons. The number of benzene rings is 1. The van der Waals surface area contributed by atoms with Crippen molar-refractivity contribution in [2.45, 2.75) is 32.4 Å². The second kappa shape index (κ2) is 8.73. The summed E-state index contributed by atoms with van der Waals surface area (Å²) < 4.78 is 0. The molecule has 0 aliphatic heterocycles. The van der Waals surface area contributed by atoms with E-state index in [1.807, 2.05) is 37.3 Å². The molecule has 0 bridgehead atoms. The van der Waals surface area contributed by atoms with Gasteiger partial charge in [0.25, 0.3) is 5.91 Å². The summed E-state index contributed by atoms with van der Waals surface area (Å²) in [6.45, 7) is 3.12. The van der Waals surface area contributed by atoms with Crippen molar-refractivity contribution < 1.29 is 14.4 Å². The number of hydrogen-bond donors (Lipinski definition) is 2. The minimum atomic E-state index is -0.983. The van der Waals surface area contributed by atoms with Crippen molar-refractivity contribution in [2.75, 3.05) is 0 Å². The van der Waals surface area contributed by atoms with Crippen LogP contribution in [0.15, 0.2) is 54.9 Å².